The fraction of sp³-hybridized carbons (Fsp3) is 0.533. The van der Waals surface area contributed by atoms with E-state index in [1.807, 2.05) is 24.3 Å². The predicted octanol–water partition coefficient (Wildman–Crippen LogP) is 2.60. The third-order valence-corrected chi connectivity index (χ3v) is 4.46. The van der Waals surface area contributed by atoms with Crippen molar-refractivity contribution in [2.75, 3.05) is 26.2 Å². The first kappa shape index (κ1) is 15.5. The number of hydrogen-bond acceptors (Lipinski definition) is 3. The minimum absolute atomic E-state index is 0.391. The van der Waals surface area contributed by atoms with E-state index in [2.05, 4.69) is 39.6 Å². The summed E-state index contributed by atoms with van der Waals surface area (Å²) >= 11 is 3.42. The highest BCUT2D eigenvalue weighted by Crippen LogP contribution is 2.26. The zero-order valence-corrected chi connectivity index (χ0v) is 13.5. The van der Waals surface area contributed by atoms with E-state index >= 15 is 0 Å². The molecule has 110 valence electrons. The van der Waals surface area contributed by atoms with Gasteiger partial charge in [0, 0.05) is 30.1 Å². The largest absolute Gasteiger partial charge is 0.480 e. The standard InChI is InChI=1S/C15H21BrN2O2/c1-3-17-7-8-18(10-11(17)2)14(15(19)20)12-5-4-6-13(16)9-12/h4-6,9,11,14H,3,7-8,10H2,1-2H3,(H,19,20). The molecule has 4 nitrogen and oxygen atoms in total. The van der Waals surface area contributed by atoms with Crippen LogP contribution in [0.25, 0.3) is 0 Å². The van der Waals surface area contributed by atoms with E-state index in [0.29, 0.717) is 6.04 Å². The molecule has 0 amide bonds. The number of piperazine rings is 1. The van der Waals surface area contributed by atoms with Crippen LogP contribution in [0.4, 0.5) is 0 Å². The van der Waals surface area contributed by atoms with Gasteiger partial charge in [0.15, 0.2) is 0 Å². The molecule has 5 heteroatoms. The lowest BCUT2D eigenvalue weighted by Gasteiger charge is -2.41. The van der Waals surface area contributed by atoms with Crippen molar-refractivity contribution >= 4 is 21.9 Å². The monoisotopic (exact) mass is 340 g/mol. The predicted molar refractivity (Wildman–Crippen MR) is 82.8 cm³/mol. The first-order valence-electron chi connectivity index (χ1n) is 6.99. The van der Waals surface area contributed by atoms with Gasteiger partial charge in [0.1, 0.15) is 6.04 Å². The van der Waals surface area contributed by atoms with Gasteiger partial charge in [-0.2, -0.15) is 0 Å². The number of hydrogen-bond donors (Lipinski definition) is 1. The summed E-state index contributed by atoms with van der Waals surface area (Å²) in [6, 6.07) is 7.42. The lowest BCUT2D eigenvalue weighted by atomic mass is 10.0. The van der Waals surface area contributed by atoms with Crippen molar-refractivity contribution < 1.29 is 9.90 Å². The van der Waals surface area contributed by atoms with Crippen LogP contribution in [0, 0.1) is 0 Å². The summed E-state index contributed by atoms with van der Waals surface area (Å²) in [5.74, 6) is -0.778. The van der Waals surface area contributed by atoms with Crippen LogP contribution in [-0.2, 0) is 4.79 Å². The van der Waals surface area contributed by atoms with Crippen molar-refractivity contribution in [2.45, 2.75) is 25.9 Å². The van der Waals surface area contributed by atoms with Crippen molar-refractivity contribution in [2.24, 2.45) is 0 Å². The van der Waals surface area contributed by atoms with E-state index in [4.69, 9.17) is 0 Å². The average Bonchev–Trinajstić information content (AvgIpc) is 2.39. The van der Waals surface area contributed by atoms with E-state index in [1.165, 1.54) is 0 Å². The molecule has 1 fully saturated rings. The molecule has 1 aromatic carbocycles. The summed E-state index contributed by atoms with van der Waals surface area (Å²) < 4.78 is 0.918. The van der Waals surface area contributed by atoms with Crippen molar-refractivity contribution in [3.8, 4) is 0 Å². The molecular formula is C15H21BrN2O2. The molecule has 0 aliphatic carbocycles. The van der Waals surface area contributed by atoms with Gasteiger partial charge >= 0.3 is 5.97 Å². The van der Waals surface area contributed by atoms with Gasteiger partial charge in [0.25, 0.3) is 0 Å². The van der Waals surface area contributed by atoms with Gasteiger partial charge in [-0.1, -0.05) is 35.0 Å². The Bertz CT molecular complexity index is 481. The van der Waals surface area contributed by atoms with Crippen LogP contribution in [0.2, 0.25) is 0 Å². The number of carboxylic acid groups (broad SMARTS) is 1. The van der Waals surface area contributed by atoms with Gasteiger partial charge in [-0.25, -0.2) is 0 Å². The highest BCUT2D eigenvalue weighted by Gasteiger charge is 2.32. The smallest absolute Gasteiger partial charge is 0.325 e. The van der Waals surface area contributed by atoms with Crippen molar-refractivity contribution in [3.05, 3.63) is 34.3 Å². The second-order valence-electron chi connectivity index (χ2n) is 5.27. The Hall–Kier alpha value is -0.910. The first-order chi connectivity index (χ1) is 9.52. The van der Waals surface area contributed by atoms with Crippen molar-refractivity contribution in [3.63, 3.8) is 0 Å². The Kier molecular flexibility index (Phi) is 5.18. The number of halogens is 1. The van der Waals surface area contributed by atoms with E-state index < -0.39 is 12.0 Å². The molecule has 20 heavy (non-hydrogen) atoms. The lowest BCUT2D eigenvalue weighted by Crippen LogP contribution is -2.53. The first-order valence-corrected chi connectivity index (χ1v) is 7.78. The van der Waals surface area contributed by atoms with Gasteiger partial charge in [-0.15, -0.1) is 0 Å². The van der Waals surface area contributed by atoms with Crippen LogP contribution in [0.1, 0.15) is 25.5 Å². The molecule has 1 heterocycles. The third-order valence-electron chi connectivity index (χ3n) is 3.97. The van der Waals surface area contributed by atoms with Gasteiger partial charge in [-0.05, 0) is 31.2 Å². The lowest BCUT2D eigenvalue weighted by molar-refractivity contribution is -0.144. The quantitative estimate of drug-likeness (QED) is 0.914. The summed E-state index contributed by atoms with van der Waals surface area (Å²) in [6.45, 7) is 7.84. The highest BCUT2D eigenvalue weighted by atomic mass is 79.9. The Labute approximate surface area is 128 Å². The summed E-state index contributed by atoms with van der Waals surface area (Å²) in [6.07, 6.45) is 0. The molecule has 2 rings (SSSR count). The molecule has 0 radical (unpaired) electrons. The Morgan fingerprint density at radius 2 is 2.25 bits per heavy atom. The topological polar surface area (TPSA) is 43.8 Å². The van der Waals surface area contributed by atoms with Crippen LogP contribution < -0.4 is 0 Å². The SMILES string of the molecule is CCN1CCN(C(C(=O)O)c2cccc(Br)c2)CC1C. The number of carboxylic acids is 1. The molecule has 1 aliphatic rings. The molecule has 1 aliphatic heterocycles. The van der Waals surface area contributed by atoms with Gasteiger partial charge in [0.05, 0.1) is 0 Å². The third kappa shape index (κ3) is 3.40. The minimum Gasteiger partial charge on any atom is -0.480 e. The van der Waals surface area contributed by atoms with Gasteiger partial charge in [0.2, 0.25) is 0 Å². The zero-order chi connectivity index (χ0) is 14.7. The van der Waals surface area contributed by atoms with Gasteiger partial charge in [-0.3, -0.25) is 14.6 Å². The summed E-state index contributed by atoms with van der Waals surface area (Å²) in [7, 11) is 0. The molecule has 0 bridgehead atoms. The molecule has 0 saturated carbocycles. The average molecular weight is 341 g/mol. The Balaban J connectivity index is 2.20. The van der Waals surface area contributed by atoms with E-state index in [1.54, 1.807) is 0 Å². The molecule has 0 aromatic heterocycles. The Morgan fingerprint density at radius 1 is 1.50 bits per heavy atom. The van der Waals surface area contributed by atoms with Crippen LogP contribution in [0.3, 0.4) is 0 Å². The van der Waals surface area contributed by atoms with Crippen molar-refractivity contribution in [1.29, 1.82) is 0 Å². The highest BCUT2D eigenvalue weighted by molar-refractivity contribution is 9.10. The molecular weight excluding hydrogens is 320 g/mol. The number of rotatable bonds is 4. The minimum atomic E-state index is -0.778. The number of benzene rings is 1. The summed E-state index contributed by atoms with van der Waals surface area (Å²) in [5.41, 5.74) is 0.837. The van der Waals surface area contributed by atoms with Crippen LogP contribution in [-0.4, -0.2) is 53.1 Å². The van der Waals surface area contributed by atoms with Crippen LogP contribution in [0.15, 0.2) is 28.7 Å². The fourth-order valence-electron chi connectivity index (χ4n) is 2.91. The molecule has 1 saturated heterocycles. The fourth-order valence-corrected chi connectivity index (χ4v) is 3.33. The molecule has 1 N–H and O–H groups in total. The zero-order valence-electron chi connectivity index (χ0n) is 11.9. The normalized spacial score (nSPS) is 22.6. The Morgan fingerprint density at radius 3 is 2.80 bits per heavy atom. The number of carbonyl (C=O) groups is 1. The summed E-state index contributed by atoms with van der Waals surface area (Å²) in [4.78, 5) is 16.2. The van der Waals surface area contributed by atoms with Crippen molar-refractivity contribution in [1.82, 2.24) is 9.80 Å². The number of aliphatic carboxylic acids is 1. The number of likely N-dealkylation sites (N-methyl/N-ethyl adjacent to an activating group) is 1. The second-order valence-corrected chi connectivity index (χ2v) is 6.18. The molecule has 2 unspecified atom stereocenters. The molecule has 1 aromatic rings. The van der Waals surface area contributed by atoms with Gasteiger partial charge < -0.3 is 5.11 Å². The van der Waals surface area contributed by atoms with Crippen LogP contribution >= 0.6 is 15.9 Å². The van der Waals surface area contributed by atoms with E-state index in [9.17, 15) is 9.90 Å². The number of nitrogens with zero attached hydrogens (tertiary/aromatic N) is 2. The maximum absolute atomic E-state index is 11.7. The molecule has 2 atom stereocenters. The second kappa shape index (κ2) is 6.70. The summed E-state index contributed by atoms with van der Waals surface area (Å²) in [5, 5.41) is 9.61. The van der Waals surface area contributed by atoms with Crippen LogP contribution in [0.5, 0.6) is 0 Å². The van der Waals surface area contributed by atoms with E-state index in [-0.39, 0.29) is 0 Å². The maximum Gasteiger partial charge on any atom is 0.325 e. The molecule has 0 spiro atoms. The maximum atomic E-state index is 11.7. The van der Waals surface area contributed by atoms with E-state index in [0.717, 1.165) is 36.2 Å².